The second-order valence-corrected chi connectivity index (χ2v) is 5.43. The minimum absolute atomic E-state index is 0.0256. The summed E-state index contributed by atoms with van der Waals surface area (Å²) in [5, 5.41) is 3.21. The molecule has 4 nitrogen and oxygen atoms in total. The number of nitrogens with one attached hydrogen (secondary N) is 1. The number of carbonyl (C=O) groups is 2. The van der Waals surface area contributed by atoms with Crippen molar-refractivity contribution in [3.8, 4) is 0 Å². The van der Waals surface area contributed by atoms with Crippen LogP contribution in [0, 0.1) is 0 Å². The van der Waals surface area contributed by atoms with Crippen molar-refractivity contribution in [2.45, 2.75) is 13.3 Å². The van der Waals surface area contributed by atoms with Gasteiger partial charge >= 0.3 is 0 Å². The topological polar surface area (TPSA) is 49.4 Å². The van der Waals surface area contributed by atoms with Crippen LogP contribution in [-0.4, -0.2) is 36.9 Å². The Kier molecular flexibility index (Phi) is 6.31. The minimum Gasteiger partial charge on any atom is -0.355 e. The van der Waals surface area contributed by atoms with Gasteiger partial charge in [0.25, 0.3) is 5.91 Å². The lowest BCUT2D eigenvalue weighted by molar-refractivity contribution is -0.121. The van der Waals surface area contributed by atoms with Crippen LogP contribution in [0.1, 0.15) is 23.7 Å². The maximum Gasteiger partial charge on any atom is 0.255 e. The third kappa shape index (κ3) is 4.84. The van der Waals surface area contributed by atoms with Gasteiger partial charge in [-0.1, -0.05) is 18.5 Å². The van der Waals surface area contributed by atoms with Gasteiger partial charge in [0.2, 0.25) is 5.91 Å². The molecule has 0 saturated heterocycles. The summed E-state index contributed by atoms with van der Waals surface area (Å²) in [6, 6.07) is 4.98. The summed E-state index contributed by atoms with van der Waals surface area (Å²) in [6.45, 7) is 2.61. The number of carbonyl (C=O) groups excluding carboxylic acids is 2. The Morgan fingerprint density at radius 3 is 2.74 bits per heavy atom. The molecule has 1 aromatic rings. The maximum absolute atomic E-state index is 12.2. The molecule has 0 aromatic heterocycles. The van der Waals surface area contributed by atoms with Crippen LogP contribution in [0.3, 0.4) is 0 Å². The Hall–Kier alpha value is -1.07. The third-order valence-corrected chi connectivity index (χ3v) is 3.39. The van der Waals surface area contributed by atoms with Crippen molar-refractivity contribution >= 4 is 39.3 Å². The van der Waals surface area contributed by atoms with Crippen molar-refractivity contribution in [2.24, 2.45) is 0 Å². The number of hydrogen-bond donors (Lipinski definition) is 1. The van der Waals surface area contributed by atoms with Gasteiger partial charge in [-0.3, -0.25) is 9.59 Å². The summed E-state index contributed by atoms with van der Waals surface area (Å²) in [5.74, 6) is -0.420. The van der Waals surface area contributed by atoms with Crippen molar-refractivity contribution in [1.82, 2.24) is 10.2 Å². The average molecular weight is 348 g/mol. The van der Waals surface area contributed by atoms with Crippen molar-refractivity contribution in [1.29, 1.82) is 0 Å². The largest absolute Gasteiger partial charge is 0.355 e. The minimum atomic E-state index is -0.249. The SMILES string of the molecule is CCCNC(=O)CN(C)C(=O)c1cc(Cl)ccc1Br. The van der Waals surface area contributed by atoms with Crippen LogP contribution < -0.4 is 5.32 Å². The fourth-order valence-corrected chi connectivity index (χ4v) is 2.06. The molecule has 1 N–H and O–H groups in total. The normalized spacial score (nSPS) is 10.1. The van der Waals surface area contributed by atoms with E-state index in [-0.39, 0.29) is 18.4 Å². The number of amides is 2. The van der Waals surface area contributed by atoms with Gasteiger partial charge in [-0.15, -0.1) is 0 Å². The van der Waals surface area contributed by atoms with E-state index in [4.69, 9.17) is 11.6 Å². The number of halogens is 2. The number of rotatable bonds is 5. The zero-order chi connectivity index (χ0) is 14.4. The standard InChI is InChI=1S/C13H16BrClN2O2/c1-3-6-16-12(18)8-17(2)13(19)10-7-9(15)4-5-11(10)14/h4-5,7H,3,6,8H2,1-2H3,(H,16,18). The smallest absolute Gasteiger partial charge is 0.255 e. The number of likely N-dealkylation sites (N-methyl/N-ethyl adjacent to an activating group) is 1. The predicted octanol–water partition coefficient (Wildman–Crippen LogP) is 2.70. The van der Waals surface area contributed by atoms with E-state index in [1.807, 2.05) is 6.92 Å². The molecule has 0 aliphatic heterocycles. The first-order valence-electron chi connectivity index (χ1n) is 5.93. The molecule has 0 aliphatic rings. The van der Waals surface area contributed by atoms with E-state index in [0.29, 0.717) is 21.6 Å². The third-order valence-electron chi connectivity index (χ3n) is 2.46. The number of benzene rings is 1. The van der Waals surface area contributed by atoms with Gasteiger partial charge in [0, 0.05) is 23.1 Å². The first-order chi connectivity index (χ1) is 8.95. The molecule has 0 unspecified atom stereocenters. The first-order valence-corrected chi connectivity index (χ1v) is 7.10. The molecule has 0 radical (unpaired) electrons. The Balaban J connectivity index is 2.71. The van der Waals surface area contributed by atoms with E-state index in [2.05, 4.69) is 21.2 Å². The molecule has 6 heteroatoms. The van der Waals surface area contributed by atoms with Gasteiger partial charge in [0.15, 0.2) is 0 Å². The van der Waals surface area contributed by atoms with Crippen LogP contribution in [-0.2, 0) is 4.79 Å². The zero-order valence-electron chi connectivity index (χ0n) is 10.9. The van der Waals surface area contributed by atoms with E-state index < -0.39 is 0 Å². The molecule has 0 atom stereocenters. The lowest BCUT2D eigenvalue weighted by Crippen LogP contribution is -2.38. The van der Waals surface area contributed by atoms with Crippen LogP contribution in [0.5, 0.6) is 0 Å². The molecule has 19 heavy (non-hydrogen) atoms. The van der Waals surface area contributed by atoms with E-state index in [1.165, 1.54) is 4.90 Å². The molecule has 2 amide bonds. The fourth-order valence-electron chi connectivity index (χ4n) is 1.47. The quantitative estimate of drug-likeness (QED) is 0.890. The summed E-state index contributed by atoms with van der Waals surface area (Å²) in [6.07, 6.45) is 0.864. The highest BCUT2D eigenvalue weighted by Gasteiger charge is 2.17. The van der Waals surface area contributed by atoms with Crippen LogP contribution in [0.15, 0.2) is 22.7 Å². The monoisotopic (exact) mass is 346 g/mol. The molecule has 0 spiro atoms. The van der Waals surface area contributed by atoms with Crippen molar-refractivity contribution in [3.05, 3.63) is 33.3 Å². The van der Waals surface area contributed by atoms with E-state index >= 15 is 0 Å². The van der Waals surface area contributed by atoms with Gasteiger partial charge in [-0.25, -0.2) is 0 Å². The summed E-state index contributed by atoms with van der Waals surface area (Å²) < 4.78 is 0.655. The van der Waals surface area contributed by atoms with Gasteiger partial charge in [0.1, 0.15) is 0 Å². The molecule has 0 fully saturated rings. The molecule has 0 saturated carbocycles. The Labute approximate surface area is 126 Å². The van der Waals surface area contributed by atoms with Crippen LogP contribution in [0.4, 0.5) is 0 Å². The second kappa shape index (κ2) is 7.50. The summed E-state index contributed by atoms with van der Waals surface area (Å²) in [7, 11) is 1.58. The van der Waals surface area contributed by atoms with Crippen molar-refractivity contribution in [3.63, 3.8) is 0 Å². The number of nitrogens with zero attached hydrogens (tertiary/aromatic N) is 1. The molecule has 104 valence electrons. The molecule has 0 bridgehead atoms. The Bertz CT molecular complexity index is 480. The summed E-state index contributed by atoms with van der Waals surface area (Å²) in [4.78, 5) is 25.1. The summed E-state index contributed by atoms with van der Waals surface area (Å²) in [5.41, 5.74) is 0.443. The van der Waals surface area contributed by atoms with Crippen molar-refractivity contribution < 1.29 is 9.59 Å². The van der Waals surface area contributed by atoms with Gasteiger partial charge in [-0.05, 0) is 40.5 Å². The molecule has 1 aromatic carbocycles. The fraction of sp³-hybridized carbons (Fsp3) is 0.385. The predicted molar refractivity (Wildman–Crippen MR) is 79.4 cm³/mol. The average Bonchev–Trinajstić information content (AvgIpc) is 2.38. The summed E-state index contributed by atoms with van der Waals surface area (Å²) >= 11 is 9.17. The van der Waals surface area contributed by atoms with Gasteiger partial charge in [-0.2, -0.15) is 0 Å². The highest BCUT2D eigenvalue weighted by Crippen LogP contribution is 2.22. The van der Waals surface area contributed by atoms with Crippen LogP contribution in [0.25, 0.3) is 0 Å². The van der Waals surface area contributed by atoms with E-state index in [1.54, 1.807) is 25.2 Å². The lowest BCUT2D eigenvalue weighted by atomic mass is 10.2. The molecule has 1 rings (SSSR count). The van der Waals surface area contributed by atoms with E-state index in [0.717, 1.165) is 6.42 Å². The van der Waals surface area contributed by atoms with Crippen LogP contribution >= 0.6 is 27.5 Å². The first kappa shape index (κ1) is 16.0. The van der Waals surface area contributed by atoms with Crippen LogP contribution in [0.2, 0.25) is 5.02 Å². The molecule has 0 aliphatic carbocycles. The molecular formula is C13H16BrClN2O2. The second-order valence-electron chi connectivity index (χ2n) is 4.14. The highest BCUT2D eigenvalue weighted by molar-refractivity contribution is 9.10. The zero-order valence-corrected chi connectivity index (χ0v) is 13.2. The number of hydrogen-bond acceptors (Lipinski definition) is 2. The molecular weight excluding hydrogens is 332 g/mol. The Morgan fingerprint density at radius 1 is 1.42 bits per heavy atom. The van der Waals surface area contributed by atoms with Gasteiger partial charge < -0.3 is 10.2 Å². The highest BCUT2D eigenvalue weighted by atomic mass is 79.9. The van der Waals surface area contributed by atoms with Gasteiger partial charge in [0.05, 0.1) is 12.1 Å². The lowest BCUT2D eigenvalue weighted by Gasteiger charge is -2.17. The van der Waals surface area contributed by atoms with E-state index in [9.17, 15) is 9.59 Å². The maximum atomic E-state index is 12.2. The van der Waals surface area contributed by atoms with Crippen molar-refractivity contribution in [2.75, 3.05) is 20.1 Å². The Morgan fingerprint density at radius 2 is 2.11 bits per heavy atom. The molecule has 0 heterocycles.